The number of aromatic amines is 1. The van der Waals surface area contributed by atoms with E-state index in [9.17, 15) is 23.5 Å². The lowest BCUT2D eigenvalue weighted by Crippen LogP contribution is -2.47. The number of aliphatic hydroxyl groups is 1. The van der Waals surface area contributed by atoms with E-state index < -0.39 is 29.6 Å². The van der Waals surface area contributed by atoms with E-state index in [2.05, 4.69) is 26.6 Å². The van der Waals surface area contributed by atoms with Gasteiger partial charge in [0.15, 0.2) is 11.5 Å². The molecular weight excluding hydrogens is 796 g/mol. The summed E-state index contributed by atoms with van der Waals surface area (Å²) in [7, 11) is 0. The smallest absolute Gasteiger partial charge is 0.282 e. The minimum Gasteiger partial charge on any atom is -0.383 e. The highest BCUT2D eigenvalue weighted by Gasteiger charge is 2.45. The van der Waals surface area contributed by atoms with Crippen molar-refractivity contribution in [1.82, 2.24) is 26.5 Å². The molecular formula is C39H47F2N7O12. The van der Waals surface area contributed by atoms with Gasteiger partial charge in [0.1, 0.15) is 17.3 Å². The Morgan fingerprint density at radius 3 is 2.28 bits per heavy atom. The zero-order valence-corrected chi connectivity index (χ0v) is 32.5. The number of hydrogen-bond donors (Lipinski definition) is 6. The number of carbonyl (C=O) groups is 2. The number of anilines is 2. The van der Waals surface area contributed by atoms with E-state index in [4.69, 9.17) is 43.1 Å². The summed E-state index contributed by atoms with van der Waals surface area (Å²) in [4.78, 5) is 55.8. The van der Waals surface area contributed by atoms with Crippen molar-refractivity contribution in [3.8, 4) is 11.5 Å². The number of nitrogens with zero attached hydrogens (tertiary/aromatic N) is 2. The average Bonchev–Trinajstić information content (AvgIpc) is 3.99. The molecule has 4 heterocycles. The highest BCUT2D eigenvalue weighted by atomic mass is 19.1. The van der Waals surface area contributed by atoms with Crippen molar-refractivity contribution in [2.45, 2.75) is 31.4 Å². The van der Waals surface area contributed by atoms with E-state index in [-0.39, 0.29) is 37.5 Å². The average molecular weight is 844 g/mol. The zero-order chi connectivity index (χ0) is 41.7. The van der Waals surface area contributed by atoms with Crippen molar-refractivity contribution in [1.29, 1.82) is 0 Å². The van der Waals surface area contributed by atoms with E-state index in [1.54, 1.807) is 24.3 Å². The topological polar surface area (TPSA) is 208 Å². The SMILES string of the molecule is O=C(NCCOCCOCCOCCOCCNc1ccc2c(c1)ON(C1CCONO1)O2)c1cc2cc(N3CCC(O)(C(=O)NCc4cc(F)cc(F)c4)O3)ccc2[nH]1. The lowest BCUT2D eigenvalue weighted by atomic mass is 10.1. The number of hydroxylamine groups is 3. The molecule has 2 fully saturated rings. The zero-order valence-electron chi connectivity index (χ0n) is 32.5. The normalized spacial score (nSPS) is 18.9. The Morgan fingerprint density at radius 1 is 0.833 bits per heavy atom. The third kappa shape index (κ3) is 11.8. The van der Waals surface area contributed by atoms with E-state index in [1.807, 2.05) is 18.2 Å². The molecule has 6 N–H and O–H groups in total. The maximum atomic E-state index is 13.5. The molecule has 4 aromatic rings. The minimum absolute atomic E-state index is 0.0480. The predicted molar refractivity (Wildman–Crippen MR) is 207 cm³/mol. The molecule has 2 amide bonds. The number of nitrogens with one attached hydrogen (secondary N) is 5. The predicted octanol–water partition coefficient (Wildman–Crippen LogP) is 2.59. The van der Waals surface area contributed by atoms with Crippen LogP contribution in [-0.4, -0.2) is 118 Å². The van der Waals surface area contributed by atoms with Gasteiger partial charge in [0.2, 0.25) is 6.23 Å². The Bertz CT molecular complexity index is 2040. The maximum absolute atomic E-state index is 13.5. The van der Waals surface area contributed by atoms with Crippen LogP contribution in [0.25, 0.3) is 10.9 Å². The first kappa shape index (κ1) is 42.9. The molecule has 19 nitrogen and oxygen atoms in total. The number of amides is 2. The van der Waals surface area contributed by atoms with Crippen LogP contribution in [0.4, 0.5) is 20.2 Å². The third-order valence-corrected chi connectivity index (χ3v) is 9.27. The maximum Gasteiger partial charge on any atom is 0.282 e. The van der Waals surface area contributed by atoms with E-state index in [1.165, 1.54) is 10.3 Å². The molecule has 2 unspecified atom stereocenters. The Kier molecular flexibility index (Phi) is 14.9. The van der Waals surface area contributed by atoms with Crippen LogP contribution in [0, 0.1) is 11.6 Å². The Balaban J connectivity index is 0.688. The summed E-state index contributed by atoms with van der Waals surface area (Å²) < 4.78 is 49.2. The summed E-state index contributed by atoms with van der Waals surface area (Å²) in [6.07, 6.45) is 0.0993. The molecule has 0 spiro atoms. The lowest BCUT2D eigenvalue weighted by molar-refractivity contribution is -0.376. The number of rotatable bonds is 22. The molecule has 324 valence electrons. The van der Waals surface area contributed by atoms with Gasteiger partial charge in [0, 0.05) is 61.2 Å². The van der Waals surface area contributed by atoms with Crippen LogP contribution in [0.15, 0.2) is 60.7 Å². The second-order valence-corrected chi connectivity index (χ2v) is 13.7. The van der Waals surface area contributed by atoms with Crippen LogP contribution in [0.5, 0.6) is 11.5 Å². The molecule has 0 aliphatic carbocycles. The van der Waals surface area contributed by atoms with E-state index >= 15 is 0 Å². The van der Waals surface area contributed by atoms with Gasteiger partial charge in [-0.1, -0.05) is 5.64 Å². The third-order valence-electron chi connectivity index (χ3n) is 9.27. The number of hydrogen-bond acceptors (Lipinski definition) is 16. The van der Waals surface area contributed by atoms with Gasteiger partial charge >= 0.3 is 0 Å². The van der Waals surface area contributed by atoms with Gasteiger partial charge in [-0.3, -0.25) is 24.3 Å². The molecule has 60 heavy (non-hydrogen) atoms. The number of aromatic nitrogens is 1. The highest BCUT2D eigenvalue weighted by molar-refractivity contribution is 5.98. The van der Waals surface area contributed by atoms with Crippen LogP contribution in [0.1, 0.15) is 28.9 Å². The Hall–Kier alpha value is -5.20. The molecule has 0 saturated carbocycles. The Labute approximate surface area is 342 Å². The second kappa shape index (κ2) is 20.9. The fraction of sp³-hybridized carbons (Fsp3) is 0.436. The van der Waals surface area contributed by atoms with Crippen molar-refractivity contribution in [2.24, 2.45) is 0 Å². The van der Waals surface area contributed by atoms with Gasteiger partial charge in [-0.2, -0.15) is 0 Å². The molecule has 3 aliphatic heterocycles. The molecule has 3 aromatic carbocycles. The number of halogens is 2. The quantitative estimate of drug-likeness (QED) is 0.0629. The fourth-order valence-corrected chi connectivity index (χ4v) is 6.25. The largest absolute Gasteiger partial charge is 0.383 e. The standard InChI is InChI=1S/C39H47F2N7O12/c40-28-19-26(20-29(41)23-28)25-44-38(50)39(51)6-9-47(60-39)31-2-3-32-27(21-31)22-33(45-32)37(49)43-8-12-53-14-16-55-18-17-54-15-13-52-11-7-42-30-1-4-34-35(24-30)59-48(58-34)36-5-10-56-46-57-36/h1-4,19-24,36,42,45-46,51H,5-18,25H2,(H,43,49)(H,44,50). The van der Waals surface area contributed by atoms with Crippen molar-refractivity contribution < 1.29 is 66.6 Å². The van der Waals surface area contributed by atoms with Crippen LogP contribution < -0.4 is 36.3 Å². The molecule has 3 aliphatic rings. The van der Waals surface area contributed by atoms with Crippen molar-refractivity contribution in [2.75, 3.05) is 89.5 Å². The number of H-pyrrole nitrogens is 1. The molecule has 0 bridgehead atoms. The monoisotopic (exact) mass is 843 g/mol. The van der Waals surface area contributed by atoms with Crippen molar-refractivity contribution >= 4 is 34.1 Å². The van der Waals surface area contributed by atoms with Crippen LogP contribution >= 0.6 is 0 Å². The van der Waals surface area contributed by atoms with Gasteiger partial charge in [-0.25, -0.2) is 13.6 Å². The molecule has 0 radical (unpaired) electrons. The number of carbonyl (C=O) groups excluding carboxylic acids is 2. The summed E-state index contributed by atoms with van der Waals surface area (Å²) in [5.41, 5.74) is 5.01. The number of ether oxygens (including phenoxy) is 4. The van der Waals surface area contributed by atoms with Crippen LogP contribution in [0.2, 0.25) is 0 Å². The fourth-order valence-electron chi connectivity index (χ4n) is 6.25. The van der Waals surface area contributed by atoms with E-state index in [0.717, 1.165) is 23.9 Å². The summed E-state index contributed by atoms with van der Waals surface area (Å²) in [5, 5.41) is 22.8. The van der Waals surface area contributed by atoms with Gasteiger partial charge in [-0.15, -0.1) is 0 Å². The highest BCUT2D eigenvalue weighted by Crippen LogP contribution is 2.37. The second-order valence-electron chi connectivity index (χ2n) is 13.7. The first-order valence-electron chi connectivity index (χ1n) is 19.4. The van der Waals surface area contributed by atoms with Gasteiger partial charge in [-0.05, 0) is 54.1 Å². The molecule has 7 rings (SSSR count). The summed E-state index contributed by atoms with van der Waals surface area (Å²) in [5.74, 6) is -3.71. The van der Waals surface area contributed by atoms with Crippen LogP contribution in [0.3, 0.4) is 0 Å². The Morgan fingerprint density at radius 2 is 1.55 bits per heavy atom. The number of benzene rings is 3. The van der Waals surface area contributed by atoms with Crippen LogP contribution in [-0.2, 0) is 44.8 Å². The van der Waals surface area contributed by atoms with E-state index in [0.29, 0.717) is 106 Å². The first-order valence-corrected chi connectivity index (χ1v) is 19.4. The lowest BCUT2D eigenvalue weighted by Gasteiger charge is -2.26. The summed E-state index contributed by atoms with van der Waals surface area (Å²) >= 11 is 0. The van der Waals surface area contributed by atoms with Gasteiger partial charge < -0.3 is 54.7 Å². The molecule has 2 saturated heterocycles. The summed E-state index contributed by atoms with van der Waals surface area (Å²) in [6, 6.07) is 15.4. The summed E-state index contributed by atoms with van der Waals surface area (Å²) in [6.45, 7) is 4.56. The van der Waals surface area contributed by atoms with Crippen molar-refractivity contribution in [3.63, 3.8) is 0 Å². The van der Waals surface area contributed by atoms with Gasteiger partial charge in [0.25, 0.3) is 17.6 Å². The first-order chi connectivity index (χ1) is 29.2. The minimum atomic E-state index is -2.17. The molecule has 2 atom stereocenters. The van der Waals surface area contributed by atoms with Gasteiger partial charge in [0.05, 0.1) is 76.9 Å². The van der Waals surface area contributed by atoms with Crippen molar-refractivity contribution in [3.05, 3.63) is 83.6 Å². The molecule has 1 aromatic heterocycles. The molecule has 21 heteroatoms. The number of fused-ring (bicyclic) bond motifs is 2.